The molecular weight excluding hydrogens is 384 g/mol. The molecule has 3 rings (SSSR count). The lowest BCUT2D eigenvalue weighted by Gasteiger charge is -2.32. The van der Waals surface area contributed by atoms with Crippen molar-refractivity contribution in [3.8, 4) is 0 Å². The number of carbonyl (C=O) groups excluding carboxylic acids is 3. The van der Waals surface area contributed by atoms with Crippen LogP contribution in [0.2, 0.25) is 0 Å². The zero-order valence-corrected chi connectivity index (χ0v) is 17.4. The highest BCUT2D eigenvalue weighted by Gasteiger charge is 2.17. The molecule has 2 amide bonds. The number of piperazine rings is 1. The first-order valence-corrected chi connectivity index (χ1v) is 10.1. The van der Waals surface area contributed by atoms with Crippen LogP contribution in [0, 0.1) is 0 Å². The van der Waals surface area contributed by atoms with Gasteiger partial charge in [-0.2, -0.15) is 0 Å². The summed E-state index contributed by atoms with van der Waals surface area (Å²) < 4.78 is 1.63. The number of nitrogens with zero attached hydrogens (tertiary/aromatic N) is 4. The van der Waals surface area contributed by atoms with E-state index in [0.717, 1.165) is 39.1 Å². The second kappa shape index (κ2) is 10.1. The van der Waals surface area contributed by atoms with Crippen LogP contribution in [-0.4, -0.2) is 83.3 Å². The SMILES string of the molecule is CN1CCN(CCCNC(=O)C(=O)Nc2cccc(C(=O)c3nccn3C)c2)CC1. The van der Waals surface area contributed by atoms with E-state index in [1.54, 1.807) is 42.2 Å². The van der Waals surface area contributed by atoms with Crippen LogP contribution in [0.1, 0.15) is 22.6 Å². The quantitative estimate of drug-likeness (QED) is 0.387. The summed E-state index contributed by atoms with van der Waals surface area (Å²) >= 11 is 0. The largest absolute Gasteiger partial charge is 0.348 e. The number of aryl methyl sites for hydroxylation is 1. The molecule has 30 heavy (non-hydrogen) atoms. The number of carbonyl (C=O) groups is 3. The van der Waals surface area contributed by atoms with Gasteiger partial charge in [0.25, 0.3) is 0 Å². The summed E-state index contributed by atoms with van der Waals surface area (Å²) in [4.78, 5) is 45.5. The molecule has 0 bridgehead atoms. The topological polar surface area (TPSA) is 99.6 Å². The van der Waals surface area contributed by atoms with E-state index in [9.17, 15) is 14.4 Å². The molecule has 9 nitrogen and oxygen atoms in total. The van der Waals surface area contributed by atoms with Crippen LogP contribution < -0.4 is 10.6 Å². The molecule has 160 valence electrons. The number of aromatic nitrogens is 2. The number of amides is 2. The van der Waals surface area contributed by atoms with E-state index in [4.69, 9.17) is 0 Å². The van der Waals surface area contributed by atoms with Gasteiger partial charge in [0.05, 0.1) is 0 Å². The monoisotopic (exact) mass is 412 g/mol. The predicted octanol–water partition coefficient (Wildman–Crippen LogP) is 0.343. The van der Waals surface area contributed by atoms with Gasteiger partial charge in [0, 0.05) is 63.4 Å². The maximum atomic E-state index is 12.5. The van der Waals surface area contributed by atoms with Gasteiger partial charge in [-0.25, -0.2) is 4.98 Å². The van der Waals surface area contributed by atoms with Gasteiger partial charge in [-0.1, -0.05) is 12.1 Å². The number of benzene rings is 1. The lowest BCUT2D eigenvalue weighted by Crippen LogP contribution is -2.45. The Kier molecular flexibility index (Phi) is 7.31. The number of nitrogens with one attached hydrogen (secondary N) is 2. The molecule has 2 aromatic rings. The zero-order chi connectivity index (χ0) is 21.5. The summed E-state index contributed by atoms with van der Waals surface area (Å²) in [5.41, 5.74) is 0.766. The van der Waals surface area contributed by atoms with Gasteiger partial charge in [0.15, 0.2) is 5.82 Å². The molecule has 0 atom stereocenters. The molecule has 0 unspecified atom stereocenters. The van der Waals surface area contributed by atoms with E-state index in [1.807, 2.05) is 0 Å². The maximum Gasteiger partial charge on any atom is 0.313 e. The Morgan fingerprint density at radius 1 is 1.07 bits per heavy atom. The van der Waals surface area contributed by atoms with E-state index in [0.29, 0.717) is 23.6 Å². The van der Waals surface area contributed by atoms with Gasteiger partial charge >= 0.3 is 11.8 Å². The average Bonchev–Trinajstić information content (AvgIpc) is 3.17. The Hall–Kier alpha value is -3.04. The van der Waals surface area contributed by atoms with Gasteiger partial charge in [0.2, 0.25) is 5.78 Å². The maximum absolute atomic E-state index is 12.5. The predicted molar refractivity (Wildman–Crippen MR) is 113 cm³/mol. The van der Waals surface area contributed by atoms with Crippen molar-refractivity contribution < 1.29 is 14.4 Å². The second-order valence-corrected chi connectivity index (χ2v) is 7.48. The standard InChI is InChI=1S/C21H28N6O3/c1-25-11-13-27(14-12-25)9-4-7-23-20(29)21(30)24-17-6-3-5-16(15-17)18(28)19-22-8-10-26(19)2/h3,5-6,8,10,15H,4,7,9,11-14H2,1-2H3,(H,23,29)(H,24,30). The molecule has 0 spiro atoms. The molecular formula is C21H28N6O3. The van der Waals surface area contributed by atoms with Gasteiger partial charge < -0.3 is 25.0 Å². The molecule has 1 aromatic carbocycles. The number of imidazole rings is 1. The summed E-state index contributed by atoms with van der Waals surface area (Å²) in [6.45, 7) is 5.49. The lowest BCUT2D eigenvalue weighted by atomic mass is 10.1. The zero-order valence-electron chi connectivity index (χ0n) is 17.4. The van der Waals surface area contributed by atoms with Crippen molar-refractivity contribution in [1.29, 1.82) is 0 Å². The van der Waals surface area contributed by atoms with E-state index >= 15 is 0 Å². The third-order valence-corrected chi connectivity index (χ3v) is 5.15. The number of hydrogen-bond acceptors (Lipinski definition) is 6. The summed E-state index contributed by atoms with van der Waals surface area (Å²) in [5, 5.41) is 5.20. The summed E-state index contributed by atoms with van der Waals surface area (Å²) in [7, 11) is 3.85. The van der Waals surface area contributed by atoms with Crippen LogP contribution in [0.4, 0.5) is 5.69 Å². The molecule has 0 aliphatic carbocycles. The molecule has 0 saturated carbocycles. The van der Waals surface area contributed by atoms with Gasteiger partial charge in [-0.15, -0.1) is 0 Å². The van der Waals surface area contributed by atoms with Gasteiger partial charge in [0.1, 0.15) is 0 Å². The first-order chi connectivity index (χ1) is 14.4. The van der Waals surface area contributed by atoms with E-state index < -0.39 is 11.8 Å². The number of ketones is 1. The van der Waals surface area contributed by atoms with Crippen LogP contribution in [-0.2, 0) is 16.6 Å². The third kappa shape index (κ3) is 5.74. The van der Waals surface area contributed by atoms with Crippen LogP contribution in [0.5, 0.6) is 0 Å². The fraction of sp³-hybridized carbons (Fsp3) is 0.429. The minimum absolute atomic E-state index is 0.257. The molecule has 1 aliphatic heterocycles. The number of hydrogen-bond donors (Lipinski definition) is 2. The minimum Gasteiger partial charge on any atom is -0.348 e. The fourth-order valence-corrected chi connectivity index (χ4v) is 3.30. The van der Waals surface area contributed by atoms with Crippen LogP contribution >= 0.6 is 0 Å². The van der Waals surface area contributed by atoms with Crippen molar-refractivity contribution in [1.82, 2.24) is 24.7 Å². The Morgan fingerprint density at radius 2 is 1.83 bits per heavy atom. The smallest absolute Gasteiger partial charge is 0.313 e. The van der Waals surface area contributed by atoms with Crippen LogP contribution in [0.15, 0.2) is 36.7 Å². The Bertz CT molecular complexity index is 902. The number of rotatable bonds is 7. The fourth-order valence-electron chi connectivity index (χ4n) is 3.30. The molecule has 1 saturated heterocycles. The van der Waals surface area contributed by atoms with E-state index in [2.05, 4.69) is 32.5 Å². The molecule has 1 fully saturated rings. The minimum atomic E-state index is -0.754. The van der Waals surface area contributed by atoms with Gasteiger partial charge in [-0.3, -0.25) is 14.4 Å². The van der Waals surface area contributed by atoms with Crippen molar-refractivity contribution in [3.63, 3.8) is 0 Å². The Balaban J connectivity index is 1.45. The summed E-state index contributed by atoms with van der Waals surface area (Å²) in [5.74, 6) is -1.39. The first kappa shape index (κ1) is 21.7. The van der Waals surface area contributed by atoms with Crippen molar-refractivity contribution >= 4 is 23.3 Å². The average molecular weight is 412 g/mol. The number of likely N-dealkylation sites (N-methyl/N-ethyl adjacent to an activating group) is 1. The third-order valence-electron chi connectivity index (χ3n) is 5.15. The number of anilines is 1. The van der Waals surface area contributed by atoms with Crippen LogP contribution in [0.3, 0.4) is 0 Å². The highest BCUT2D eigenvalue weighted by molar-refractivity contribution is 6.39. The van der Waals surface area contributed by atoms with Crippen molar-refractivity contribution in [2.24, 2.45) is 7.05 Å². The molecule has 2 N–H and O–H groups in total. The lowest BCUT2D eigenvalue weighted by molar-refractivity contribution is -0.136. The molecule has 9 heteroatoms. The van der Waals surface area contributed by atoms with E-state index in [1.165, 1.54) is 6.07 Å². The normalized spacial score (nSPS) is 15.0. The second-order valence-electron chi connectivity index (χ2n) is 7.48. The summed E-state index contributed by atoms with van der Waals surface area (Å²) in [6.07, 6.45) is 4.02. The van der Waals surface area contributed by atoms with Crippen molar-refractivity contribution in [2.45, 2.75) is 6.42 Å². The van der Waals surface area contributed by atoms with E-state index in [-0.39, 0.29) is 5.78 Å². The highest BCUT2D eigenvalue weighted by Crippen LogP contribution is 2.14. The van der Waals surface area contributed by atoms with Crippen molar-refractivity contribution in [3.05, 3.63) is 48.0 Å². The molecule has 2 heterocycles. The van der Waals surface area contributed by atoms with Gasteiger partial charge in [-0.05, 0) is 32.1 Å². The van der Waals surface area contributed by atoms with Crippen molar-refractivity contribution in [2.75, 3.05) is 51.6 Å². The Labute approximate surface area is 176 Å². The highest BCUT2D eigenvalue weighted by atomic mass is 16.2. The first-order valence-electron chi connectivity index (χ1n) is 10.1. The molecule has 1 aromatic heterocycles. The molecule has 0 radical (unpaired) electrons. The Morgan fingerprint density at radius 3 is 2.53 bits per heavy atom. The van der Waals surface area contributed by atoms with Crippen LogP contribution in [0.25, 0.3) is 0 Å². The summed E-state index contributed by atoms with van der Waals surface area (Å²) in [6, 6.07) is 6.47. The molecule has 1 aliphatic rings.